The third-order valence-corrected chi connectivity index (χ3v) is 3.63. The summed E-state index contributed by atoms with van der Waals surface area (Å²) in [6.45, 7) is 1.82. The molecule has 0 fully saturated rings. The lowest BCUT2D eigenvalue weighted by molar-refractivity contribution is 0.402. The topological polar surface area (TPSA) is 45.0 Å². The van der Waals surface area contributed by atoms with E-state index >= 15 is 0 Å². The van der Waals surface area contributed by atoms with E-state index < -0.39 is 0 Å². The lowest BCUT2D eigenvalue weighted by Crippen LogP contribution is -2.11. The van der Waals surface area contributed by atoms with Gasteiger partial charge in [0, 0.05) is 4.47 Å². The molecule has 0 saturated heterocycles. The summed E-state index contributed by atoms with van der Waals surface area (Å²) in [4.78, 5) is 0. The van der Waals surface area contributed by atoms with E-state index in [-0.39, 0.29) is 11.9 Å². The van der Waals surface area contributed by atoms with Gasteiger partial charge in [0.05, 0.1) is 30.0 Å². The Morgan fingerprint density at radius 1 is 1.33 bits per heavy atom. The van der Waals surface area contributed by atoms with E-state index in [4.69, 9.17) is 10.00 Å². The second-order valence-electron chi connectivity index (χ2n) is 4.52. The summed E-state index contributed by atoms with van der Waals surface area (Å²) in [7, 11) is 1.50. The number of anilines is 1. The van der Waals surface area contributed by atoms with Gasteiger partial charge in [-0.15, -0.1) is 0 Å². The van der Waals surface area contributed by atoms with Crippen LogP contribution in [0.25, 0.3) is 0 Å². The Balaban J connectivity index is 2.37. The number of nitrogens with zero attached hydrogens (tertiary/aromatic N) is 1. The molecule has 1 N–H and O–H groups in total. The predicted molar refractivity (Wildman–Crippen MR) is 83.8 cm³/mol. The van der Waals surface area contributed by atoms with Gasteiger partial charge < -0.3 is 10.1 Å². The third-order valence-electron chi connectivity index (χ3n) is 3.14. The molecule has 0 aromatic heterocycles. The zero-order valence-electron chi connectivity index (χ0n) is 11.7. The fraction of sp³-hybridized carbons (Fsp3) is 0.188. The van der Waals surface area contributed by atoms with Crippen molar-refractivity contribution >= 4 is 21.6 Å². The van der Waals surface area contributed by atoms with Crippen LogP contribution in [0, 0.1) is 17.1 Å². The molecule has 1 atom stereocenters. The van der Waals surface area contributed by atoms with Gasteiger partial charge in [0.2, 0.25) is 0 Å². The highest BCUT2D eigenvalue weighted by molar-refractivity contribution is 9.10. The van der Waals surface area contributed by atoms with Crippen molar-refractivity contribution in [1.82, 2.24) is 0 Å². The number of benzene rings is 2. The van der Waals surface area contributed by atoms with E-state index in [1.54, 1.807) is 30.3 Å². The van der Waals surface area contributed by atoms with Gasteiger partial charge in [-0.2, -0.15) is 5.26 Å². The molecule has 0 heterocycles. The standard InChI is InChI=1S/C16H14BrFN2O/c1-10(16-13(18)4-3-5-15(16)21-2)20-14-8-12(17)7-6-11(14)9-19/h3-8,10,20H,1-2H3. The van der Waals surface area contributed by atoms with Crippen molar-refractivity contribution in [3.63, 3.8) is 0 Å². The van der Waals surface area contributed by atoms with Gasteiger partial charge in [-0.1, -0.05) is 22.0 Å². The quantitative estimate of drug-likeness (QED) is 0.875. The van der Waals surface area contributed by atoms with Crippen molar-refractivity contribution in [3.05, 3.63) is 57.8 Å². The average Bonchev–Trinajstić information content (AvgIpc) is 2.47. The highest BCUT2D eigenvalue weighted by Gasteiger charge is 2.17. The number of ether oxygens (including phenoxy) is 1. The number of rotatable bonds is 4. The molecule has 1 unspecified atom stereocenters. The Bertz CT molecular complexity index is 697. The second kappa shape index (κ2) is 6.59. The maximum atomic E-state index is 14.1. The van der Waals surface area contributed by atoms with Crippen LogP contribution in [-0.4, -0.2) is 7.11 Å². The molecule has 108 valence electrons. The molecule has 21 heavy (non-hydrogen) atoms. The Labute approximate surface area is 131 Å². The SMILES string of the molecule is COc1cccc(F)c1C(C)Nc1cc(Br)ccc1C#N. The summed E-state index contributed by atoms with van der Waals surface area (Å²) in [5.74, 6) is 0.131. The highest BCUT2D eigenvalue weighted by atomic mass is 79.9. The number of nitriles is 1. The van der Waals surface area contributed by atoms with Crippen LogP contribution in [0.5, 0.6) is 5.75 Å². The maximum Gasteiger partial charge on any atom is 0.132 e. The van der Waals surface area contributed by atoms with Gasteiger partial charge in [-0.25, -0.2) is 4.39 Å². The first kappa shape index (κ1) is 15.3. The van der Waals surface area contributed by atoms with E-state index in [1.165, 1.54) is 13.2 Å². The maximum absolute atomic E-state index is 14.1. The summed E-state index contributed by atoms with van der Waals surface area (Å²) in [6, 6.07) is 11.8. The lowest BCUT2D eigenvalue weighted by atomic mass is 10.1. The lowest BCUT2D eigenvalue weighted by Gasteiger charge is -2.20. The molecule has 2 rings (SSSR count). The van der Waals surface area contributed by atoms with Gasteiger partial charge in [0.15, 0.2) is 0 Å². The molecule has 0 amide bonds. The van der Waals surface area contributed by atoms with E-state index in [9.17, 15) is 4.39 Å². The zero-order chi connectivity index (χ0) is 15.4. The average molecular weight is 349 g/mol. The first-order valence-electron chi connectivity index (χ1n) is 6.35. The number of hydrogen-bond donors (Lipinski definition) is 1. The Morgan fingerprint density at radius 3 is 2.76 bits per heavy atom. The fourth-order valence-corrected chi connectivity index (χ4v) is 2.52. The summed E-state index contributed by atoms with van der Waals surface area (Å²) in [6.07, 6.45) is 0. The van der Waals surface area contributed by atoms with E-state index in [2.05, 4.69) is 27.3 Å². The molecule has 0 radical (unpaired) electrons. The van der Waals surface area contributed by atoms with Crippen molar-refractivity contribution in [1.29, 1.82) is 5.26 Å². The smallest absolute Gasteiger partial charge is 0.132 e. The normalized spacial score (nSPS) is 11.6. The predicted octanol–water partition coefficient (Wildman–Crippen LogP) is 4.64. The molecule has 0 spiro atoms. The van der Waals surface area contributed by atoms with E-state index in [1.807, 2.05) is 6.92 Å². The van der Waals surface area contributed by atoms with Crippen molar-refractivity contribution in [3.8, 4) is 11.8 Å². The molecule has 0 aliphatic rings. The van der Waals surface area contributed by atoms with Gasteiger partial charge in [-0.05, 0) is 37.3 Å². The van der Waals surface area contributed by atoms with Crippen molar-refractivity contribution in [2.75, 3.05) is 12.4 Å². The number of methoxy groups -OCH3 is 1. The molecule has 0 aliphatic carbocycles. The van der Waals surface area contributed by atoms with Crippen molar-refractivity contribution in [2.24, 2.45) is 0 Å². The first-order valence-corrected chi connectivity index (χ1v) is 7.14. The van der Waals surface area contributed by atoms with Gasteiger partial charge in [0.1, 0.15) is 17.6 Å². The van der Waals surface area contributed by atoms with Crippen molar-refractivity contribution < 1.29 is 9.13 Å². The van der Waals surface area contributed by atoms with Crippen LogP contribution in [0.4, 0.5) is 10.1 Å². The summed E-state index contributed by atoms with van der Waals surface area (Å²) >= 11 is 3.37. The van der Waals surface area contributed by atoms with Crippen LogP contribution in [0.2, 0.25) is 0 Å². The molecule has 0 bridgehead atoms. The molecule has 0 aliphatic heterocycles. The number of halogens is 2. The zero-order valence-corrected chi connectivity index (χ0v) is 13.2. The fourth-order valence-electron chi connectivity index (χ4n) is 2.15. The van der Waals surface area contributed by atoms with Crippen LogP contribution in [0.15, 0.2) is 40.9 Å². The summed E-state index contributed by atoms with van der Waals surface area (Å²) < 4.78 is 20.1. The van der Waals surface area contributed by atoms with E-state index in [0.717, 1.165) is 4.47 Å². The monoisotopic (exact) mass is 348 g/mol. The first-order chi connectivity index (χ1) is 10.1. The Kier molecular flexibility index (Phi) is 4.81. The van der Waals surface area contributed by atoms with Crippen LogP contribution in [0.3, 0.4) is 0 Å². The van der Waals surface area contributed by atoms with Gasteiger partial charge in [-0.3, -0.25) is 0 Å². The molecular formula is C16H14BrFN2O. The molecule has 5 heteroatoms. The summed E-state index contributed by atoms with van der Waals surface area (Å²) in [5, 5.41) is 12.3. The highest BCUT2D eigenvalue weighted by Crippen LogP contribution is 2.31. The Morgan fingerprint density at radius 2 is 2.10 bits per heavy atom. The minimum Gasteiger partial charge on any atom is -0.496 e. The number of hydrogen-bond acceptors (Lipinski definition) is 3. The molecular weight excluding hydrogens is 335 g/mol. The van der Waals surface area contributed by atoms with Crippen molar-refractivity contribution in [2.45, 2.75) is 13.0 Å². The summed E-state index contributed by atoms with van der Waals surface area (Å²) in [5.41, 5.74) is 1.58. The largest absolute Gasteiger partial charge is 0.496 e. The molecule has 3 nitrogen and oxygen atoms in total. The second-order valence-corrected chi connectivity index (χ2v) is 5.44. The minimum atomic E-state index is -0.345. The third kappa shape index (κ3) is 3.34. The minimum absolute atomic E-state index is 0.345. The van der Waals surface area contributed by atoms with Crippen LogP contribution >= 0.6 is 15.9 Å². The molecule has 2 aromatic carbocycles. The van der Waals surface area contributed by atoms with Crippen LogP contribution < -0.4 is 10.1 Å². The van der Waals surface area contributed by atoms with E-state index in [0.29, 0.717) is 22.6 Å². The van der Waals surface area contributed by atoms with Gasteiger partial charge in [0.25, 0.3) is 0 Å². The van der Waals surface area contributed by atoms with Crippen LogP contribution in [-0.2, 0) is 0 Å². The Hall–Kier alpha value is -2.06. The molecule has 0 saturated carbocycles. The number of nitrogens with one attached hydrogen (secondary N) is 1. The van der Waals surface area contributed by atoms with Gasteiger partial charge >= 0.3 is 0 Å². The molecule has 2 aromatic rings. The van der Waals surface area contributed by atoms with Crippen LogP contribution in [0.1, 0.15) is 24.1 Å².